The molecule has 1 aliphatic heterocycles. The van der Waals surface area contributed by atoms with Crippen LogP contribution in [0.3, 0.4) is 0 Å². The van der Waals surface area contributed by atoms with Gasteiger partial charge in [0.05, 0.1) is 6.04 Å². The maximum atomic E-state index is 11.5. The van der Waals surface area contributed by atoms with E-state index < -0.39 is 5.97 Å². The highest BCUT2D eigenvalue weighted by Gasteiger charge is 2.33. The van der Waals surface area contributed by atoms with Gasteiger partial charge in [-0.1, -0.05) is 6.92 Å². The minimum atomic E-state index is -0.906. The van der Waals surface area contributed by atoms with E-state index in [1.807, 2.05) is 46.9 Å². The van der Waals surface area contributed by atoms with Crippen LogP contribution in [-0.4, -0.2) is 49.2 Å². The lowest BCUT2D eigenvalue weighted by Crippen LogP contribution is -2.38. The minimum Gasteiger partial charge on any atom is -0.477 e. The van der Waals surface area contributed by atoms with Crippen LogP contribution in [0.4, 0.5) is 0 Å². The van der Waals surface area contributed by atoms with E-state index >= 15 is 0 Å². The smallest absolute Gasteiger partial charge is 0.353 e. The monoisotopic (exact) mass is 313 g/mol. The van der Waals surface area contributed by atoms with Crippen LogP contribution in [0.1, 0.15) is 24.9 Å². The van der Waals surface area contributed by atoms with E-state index in [9.17, 15) is 9.90 Å². The van der Waals surface area contributed by atoms with Crippen LogP contribution in [0.25, 0.3) is 5.82 Å². The second kappa shape index (κ2) is 6.21. The van der Waals surface area contributed by atoms with Crippen LogP contribution in [0.5, 0.6) is 0 Å². The summed E-state index contributed by atoms with van der Waals surface area (Å²) in [4.78, 5) is 19.9. The van der Waals surface area contributed by atoms with Crippen LogP contribution >= 0.6 is 0 Å². The van der Waals surface area contributed by atoms with Gasteiger partial charge >= 0.3 is 5.97 Å². The zero-order valence-electron chi connectivity index (χ0n) is 13.1. The topological polar surface area (TPSA) is 74.5 Å². The Bertz CT molecular complexity index is 726. The number of rotatable bonds is 5. The van der Waals surface area contributed by atoms with Gasteiger partial charge in [-0.2, -0.15) is 0 Å². The van der Waals surface area contributed by atoms with Gasteiger partial charge in [0.15, 0.2) is 0 Å². The summed E-state index contributed by atoms with van der Waals surface area (Å²) in [5.74, 6) is -0.149. The molecule has 0 radical (unpaired) electrons. The number of carboxylic acids is 1. The number of imidazole rings is 1. The molecule has 7 heteroatoms. The molecule has 1 N–H and O–H groups in total. The van der Waals surface area contributed by atoms with Crippen LogP contribution in [0.2, 0.25) is 0 Å². The molecule has 0 saturated carbocycles. The van der Waals surface area contributed by atoms with Crippen molar-refractivity contribution in [2.24, 2.45) is 0 Å². The third kappa shape index (κ3) is 2.83. The maximum absolute atomic E-state index is 11.5. The zero-order valence-corrected chi connectivity index (χ0v) is 13.1. The zero-order chi connectivity index (χ0) is 16.4. The molecule has 3 heterocycles. The van der Waals surface area contributed by atoms with Gasteiger partial charge in [-0.25, -0.2) is 19.8 Å². The molecule has 1 unspecified atom stereocenters. The lowest BCUT2D eigenvalue weighted by Gasteiger charge is -2.31. The molecule has 7 nitrogen and oxygen atoms in total. The predicted molar refractivity (Wildman–Crippen MR) is 84.6 cm³/mol. The fraction of sp³-hybridized carbons (Fsp3) is 0.312. The second-order valence-corrected chi connectivity index (χ2v) is 5.42. The van der Waals surface area contributed by atoms with E-state index in [2.05, 4.69) is 9.97 Å². The lowest BCUT2D eigenvalue weighted by molar-refractivity contribution is -0.136. The molecule has 1 aliphatic rings. The number of aromatic nitrogens is 3. The van der Waals surface area contributed by atoms with Crippen molar-refractivity contribution in [3.63, 3.8) is 0 Å². The highest BCUT2D eigenvalue weighted by Crippen LogP contribution is 2.32. The second-order valence-electron chi connectivity index (χ2n) is 5.42. The molecule has 0 amide bonds. The van der Waals surface area contributed by atoms with Gasteiger partial charge in [0, 0.05) is 32.2 Å². The summed E-state index contributed by atoms with van der Waals surface area (Å²) in [5.41, 5.74) is 1.31. The molecule has 23 heavy (non-hydrogen) atoms. The molecule has 0 aliphatic carbocycles. The number of aliphatic carboxylic acids is 1. The Morgan fingerprint density at radius 1 is 1.39 bits per heavy atom. The molecule has 120 valence electrons. The number of hydrogen-bond donors (Lipinski definition) is 1. The SMILES string of the molecule is CCCN1C(C(=O)O)=CC(c2ccnc(-n3ccnc3)c2)N1C. The van der Waals surface area contributed by atoms with Crippen molar-refractivity contribution in [3.05, 3.63) is 54.4 Å². The minimum absolute atomic E-state index is 0.127. The van der Waals surface area contributed by atoms with Crippen molar-refractivity contribution in [1.29, 1.82) is 0 Å². The molecular weight excluding hydrogens is 294 g/mol. The summed E-state index contributed by atoms with van der Waals surface area (Å²) in [7, 11) is 1.91. The number of pyridine rings is 1. The number of likely N-dealkylation sites (N-methyl/N-ethyl adjacent to an activating group) is 1. The van der Waals surface area contributed by atoms with Gasteiger partial charge in [-0.05, 0) is 30.2 Å². The van der Waals surface area contributed by atoms with Crippen molar-refractivity contribution in [2.45, 2.75) is 19.4 Å². The summed E-state index contributed by atoms with van der Waals surface area (Å²) in [6.45, 7) is 2.70. The van der Waals surface area contributed by atoms with Gasteiger partial charge in [0.1, 0.15) is 17.8 Å². The van der Waals surface area contributed by atoms with Gasteiger partial charge < -0.3 is 5.11 Å². The quantitative estimate of drug-likeness (QED) is 0.908. The molecule has 0 fully saturated rings. The number of carboxylic acid groups (broad SMARTS) is 1. The normalized spacial score (nSPS) is 18.3. The molecule has 0 bridgehead atoms. The van der Waals surface area contributed by atoms with E-state index in [1.54, 1.807) is 24.8 Å². The summed E-state index contributed by atoms with van der Waals surface area (Å²) in [5, 5.41) is 13.2. The Morgan fingerprint density at radius 2 is 2.22 bits per heavy atom. The van der Waals surface area contributed by atoms with Gasteiger partial charge in [0.25, 0.3) is 0 Å². The standard InChI is InChI=1S/C16H19N5O2/c1-3-7-21-14(16(22)23)10-13(19(21)2)12-4-5-18-15(9-12)20-8-6-17-11-20/h4-6,8-11,13H,3,7H2,1-2H3,(H,22,23). The first-order chi connectivity index (χ1) is 11.1. The van der Waals surface area contributed by atoms with E-state index in [0.717, 1.165) is 17.8 Å². The summed E-state index contributed by atoms with van der Waals surface area (Å²) >= 11 is 0. The molecule has 2 aromatic heterocycles. The molecule has 1 atom stereocenters. The first kappa shape index (κ1) is 15.2. The van der Waals surface area contributed by atoms with Crippen LogP contribution in [0.15, 0.2) is 48.8 Å². The number of hydrazine groups is 1. The van der Waals surface area contributed by atoms with Crippen molar-refractivity contribution in [2.75, 3.05) is 13.6 Å². The van der Waals surface area contributed by atoms with Crippen molar-refractivity contribution < 1.29 is 9.90 Å². The van der Waals surface area contributed by atoms with Gasteiger partial charge in [0.2, 0.25) is 0 Å². The predicted octanol–water partition coefficient (Wildman–Crippen LogP) is 1.85. The first-order valence-corrected chi connectivity index (χ1v) is 7.51. The molecule has 0 spiro atoms. The van der Waals surface area contributed by atoms with Crippen molar-refractivity contribution in [1.82, 2.24) is 24.6 Å². The molecule has 3 rings (SSSR count). The maximum Gasteiger partial charge on any atom is 0.353 e. The third-order valence-electron chi connectivity index (χ3n) is 3.91. The van der Waals surface area contributed by atoms with E-state index in [0.29, 0.717) is 12.2 Å². The summed E-state index contributed by atoms with van der Waals surface area (Å²) in [6, 6.07) is 3.74. The van der Waals surface area contributed by atoms with Crippen LogP contribution in [0, 0.1) is 0 Å². The van der Waals surface area contributed by atoms with E-state index in [1.165, 1.54) is 0 Å². The van der Waals surface area contributed by atoms with E-state index in [-0.39, 0.29) is 6.04 Å². The Balaban J connectivity index is 1.95. The van der Waals surface area contributed by atoms with E-state index in [4.69, 9.17) is 0 Å². The highest BCUT2D eigenvalue weighted by atomic mass is 16.4. The molecule has 2 aromatic rings. The largest absolute Gasteiger partial charge is 0.477 e. The fourth-order valence-electron chi connectivity index (χ4n) is 2.80. The highest BCUT2D eigenvalue weighted by molar-refractivity contribution is 5.86. The van der Waals surface area contributed by atoms with Gasteiger partial charge in [-0.15, -0.1) is 0 Å². The van der Waals surface area contributed by atoms with Crippen molar-refractivity contribution in [3.8, 4) is 5.82 Å². The number of nitrogens with zero attached hydrogens (tertiary/aromatic N) is 5. The lowest BCUT2D eigenvalue weighted by atomic mass is 10.1. The molecule has 0 saturated heterocycles. The average molecular weight is 313 g/mol. The Morgan fingerprint density at radius 3 is 2.87 bits per heavy atom. The molecule has 0 aromatic carbocycles. The van der Waals surface area contributed by atoms with Gasteiger partial charge in [-0.3, -0.25) is 9.58 Å². The fourth-order valence-corrected chi connectivity index (χ4v) is 2.80. The molecular formula is C16H19N5O2. The average Bonchev–Trinajstić information content (AvgIpc) is 3.17. The Labute approximate surface area is 134 Å². The van der Waals surface area contributed by atoms with Crippen LogP contribution < -0.4 is 0 Å². The number of hydrogen-bond acceptors (Lipinski definition) is 5. The third-order valence-corrected chi connectivity index (χ3v) is 3.91. The summed E-state index contributed by atoms with van der Waals surface area (Å²) in [6.07, 6.45) is 9.60. The summed E-state index contributed by atoms with van der Waals surface area (Å²) < 4.78 is 1.82. The van der Waals surface area contributed by atoms with Crippen molar-refractivity contribution >= 4 is 5.97 Å². The van der Waals surface area contributed by atoms with Crippen LogP contribution in [-0.2, 0) is 4.79 Å². The first-order valence-electron chi connectivity index (χ1n) is 7.51. The number of carbonyl (C=O) groups is 1. The Hall–Kier alpha value is -2.67. The Kier molecular flexibility index (Phi) is 4.12.